The molecule has 0 fully saturated rings. The fourth-order valence-corrected chi connectivity index (χ4v) is 2.43. The van der Waals surface area contributed by atoms with Crippen molar-refractivity contribution in [2.24, 2.45) is 0 Å². The summed E-state index contributed by atoms with van der Waals surface area (Å²) in [6, 6.07) is 8.41. The molecule has 2 aromatic heterocycles. The lowest BCUT2D eigenvalue weighted by Gasteiger charge is -2.17. The number of thiophene rings is 1. The van der Waals surface area contributed by atoms with Crippen molar-refractivity contribution >= 4 is 17.2 Å². The third-order valence-corrected chi connectivity index (χ3v) is 3.42. The molecule has 3 nitrogen and oxygen atoms in total. The van der Waals surface area contributed by atoms with Crippen LogP contribution in [0.2, 0.25) is 0 Å². The van der Waals surface area contributed by atoms with Crippen LogP contribution in [0.15, 0.2) is 35.8 Å². The van der Waals surface area contributed by atoms with Gasteiger partial charge in [0.2, 0.25) is 0 Å². The standard InChI is InChI=1S/C13H17N3S/c1-14-8-11-5-6-13(15-9-11)16(2)10-12-4-3-7-17-12/h3-7,9,14H,8,10H2,1-2H3. The van der Waals surface area contributed by atoms with E-state index >= 15 is 0 Å². The number of anilines is 1. The number of hydrogen-bond donors (Lipinski definition) is 1. The first-order valence-electron chi connectivity index (χ1n) is 5.62. The average Bonchev–Trinajstić information content (AvgIpc) is 2.83. The van der Waals surface area contributed by atoms with Gasteiger partial charge in [-0.2, -0.15) is 0 Å². The van der Waals surface area contributed by atoms with Crippen molar-refractivity contribution in [1.82, 2.24) is 10.3 Å². The predicted octanol–water partition coefficient (Wildman–Crippen LogP) is 2.50. The first-order valence-corrected chi connectivity index (χ1v) is 6.50. The van der Waals surface area contributed by atoms with Crippen molar-refractivity contribution in [3.8, 4) is 0 Å². The molecule has 1 N–H and O–H groups in total. The molecule has 0 atom stereocenters. The van der Waals surface area contributed by atoms with Crippen LogP contribution in [0.3, 0.4) is 0 Å². The summed E-state index contributed by atoms with van der Waals surface area (Å²) in [6.07, 6.45) is 1.93. The van der Waals surface area contributed by atoms with Gasteiger partial charge in [-0.3, -0.25) is 0 Å². The number of rotatable bonds is 5. The van der Waals surface area contributed by atoms with Crippen LogP contribution >= 0.6 is 11.3 Å². The monoisotopic (exact) mass is 247 g/mol. The number of aromatic nitrogens is 1. The molecule has 2 heterocycles. The summed E-state index contributed by atoms with van der Waals surface area (Å²) in [7, 11) is 4.01. The molecule has 17 heavy (non-hydrogen) atoms. The van der Waals surface area contributed by atoms with E-state index < -0.39 is 0 Å². The first-order chi connectivity index (χ1) is 8.29. The maximum atomic E-state index is 4.47. The zero-order valence-corrected chi connectivity index (χ0v) is 11.0. The van der Waals surface area contributed by atoms with Gasteiger partial charge in [-0.15, -0.1) is 11.3 Å². The summed E-state index contributed by atoms with van der Waals surface area (Å²) >= 11 is 1.78. The van der Waals surface area contributed by atoms with Gasteiger partial charge in [-0.05, 0) is 30.1 Å². The van der Waals surface area contributed by atoms with Crippen molar-refractivity contribution in [2.45, 2.75) is 13.1 Å². The van der Waals surface area contributed by atoms with Crippen LogP contribution in [0, 0.1) is 0 Å². The van der Waals surface area contributed by atoms with Crippen molar-refractivity contribution in [2.75, 3.05) is 19.0 Å². The second kappa shape index (κ2) is 5.80. The molecule has 0 amide bonds. The molecule has 0 radical (unpaired) electrons. The van der Waals surface area contributed by atoms with Crippen molar-refractivity contribution in [3.63, 3.8) is 0 Å². The van der Waals surface area contributed by atoms with Crippen LogP contribution in [0.5, 0.6) is 0 Å². The lowest BCUT2D eigenvalue weighted by atomic mass is 10.3. The minimum atomic E-state index is 0.863. The molecule has 0 unspecified atom stereocenters. The Kier molecular flexibility index (Phi) is 4.12. The Bertz CT molecular complexity index is 436. The summed E-state index contributed by atoms with van der Waals surface area (Å²) in [6.45, 7) is 1.78. The lowest BCUT2D eigenvalue weighted by Crippen LogP contribution is -2.17. The molecule has 0 spiro atoms. The molecule has 0 saturated carbocycles. The summed E-state index contributed by atoms with van der Waals surface area (Å²) in [4.78, 5) is 7.99. The van der Waals surface area contributed by atoms with Crippen molar-refractivity contribution in [3.05, 3.63) is 46.3 Å². The summed E-state index contributed by atoms with van der Waals surface area (Å²) in [5.41, 5.74) is 1.21. The normalized spacial score (nSPS) is 10.5. The van der Waals surface area contributed by atoms with E-state index in [1.807, 2.05) is 13.2 Å². The van der Waals surface area contributed by atoms with Gasteiger partial charge in [-0.1, -0.05) is 12.1 Å². The molecule has 0 aliphatic rings. The maximum absolute atomic E-state index is 4.47. The first kappa shape index (κ1) is 12.1. The number of hydrogen-bond acceptors (Lipinski definition) is 4. The van der Waals surface area contributed by atoms with Crippen molar-refractivity contribution < 1.29 is 0 Å². The van der Waals surface area contributed by atoms with E-state index in [1.165, 1.54) is 10.4 Å². The molecule has 0 saturated heterocycles. The minimum absolute atomic E-state index is 0.863. The highest BCUT2D eigenvalue weighted by molar-refractivity contribution is 7.09. The predicted molar refractivity (Wildman–Crippen MR) is 73.4 cm³/mol. The fraction of sp³-hybridized carbons (Fsp3) is 0.308. The molecule has 2 rings (SSSR count). The molecule has 0 aromatic carbocycles. The number of nitrogens with zero attached hydrogens (tertiary/aromatic N) is 2. The van der Waals surface area contributed by atoms with E-state index in [1.54, 1.807) is 11.3 Å². The van der Waals surface area contributed by atoms with Gasteiger partial charge in [-0.25, -0.2) is 4.98 Å². The minimum Gasteiger partial charge on any atom is -0.355 e. The largest absolute Gasteiger partial charge is 0.355 e. The van der Waals surface area contributed by atoms with Gasteiger partial charge in [0.1, 0.15) is 5.82 Å². The SMILES string of the molecule is CNCc1ccc(N(C)Cc2cccs2)nc1. The highest BCUT2D eigenvalue weighted by atomic mass is 32.1. The van der Waals surface area contributed by atoms with Crippen LogP contribution in [0.1, 0.15) is 10.4 Å². The number of pyridine rings is 1. The number of nitrogens with one attached hydrogen (secondary N) is 1. The summed E-state index contributed by atoms with van der Waals surface area (Å²) in [5.74, 6) is 1.01. The van der Waals surface area contributed by atoms with Gasteiger partial charge in [0.05, 0.1) is 6.54 Å². The topological polar surface area (TPSA) is 28.2 Å². The van der Waals surface area contributed by atoms with Crippen LogP contribution in [0.25, 0.3) is 0 Å². The van der Waals surface area contributed by atoms with Gasteiger partial charge in [0, 0.05) is 24.7 Å². The molecule has 0 aliphatic heterocycles. The van der Waals surface area contributed by atoms with E-state index in [4.69, 9.17) is 0 Å². The van der Waals surface area contributed by atoms with Gasteiger partial charge < -0.3 is 10.2 Å². The molecule has 90 valence electrons. The Morgan fingerprint density at radius 3 is 2.82 bits per heavy atom. The lowest BCUT2D eigenvalue weighted by molar-refractivity contribution is 0.810. The van der Waals surface area contributed by atoms with Gasteiger partial charge in [0.15, 0.2) is 0 Å². The van der Waals surface area contributed by atoms with Gasteiger partial charge in [0.25, 0.3) is 0 Å². The summed E-state index contributed by atoms with van der Waals surface area (Å²) in [5, 5.41) is 5.22. The maximum Gasteiger partial charge on any atom is 0.128 e. The van der Waals surface area contributed by atoms with E-state index in [0.29, 0.717) is 0 Å². The zero-order chi connectivity index (χ0) is 12.1. The second-order valence-corrected chi connectivity index (χ2v) is 5.02. The third-order valence-electron chi connectivity index (χ3n) is 2.55. The van der Waals surface area contributed by atoms with E-state index in [-0.39, 0.29) is 0 Å². The van der Waals surface area contributed by atoms with E-state index in [0.717, 1.165) is 18.9 Å². The van der Waals surface area contributed by atoms with E-state index in [9.17, 15) is 0 Å². The summed E-state index contributed by atoms with van der Waals surface area (Å²) < 4.78 is 0. The van der Waals surface area contributed by atoms with Crippen LogP contribution in [-0.2, 0) is 13.1 Å². The molecule has 0 aliphatic carbocycles. The average molecular weight is 247 g/mol. The molecule has 4 heteroatoms. The Hall–Kier alpha value is -1.39. The Morgan fingerprint density at radius 2 is 2.24 bits per heavy atom. The Morgan fingerprint density at radius 1 is 1.35 bits per heavy atom. The molecule has 2 aromatic rings. The Balaban J connectivity index is 2.01. The third kappa shape index (κ3) is 3.28. The van der Waals surface area contributed by atoms with Crippen LogP contribution in [0.4, 0.5) is 5.82 Å². The molecular weight excluding hydrogens is 230 g/mol. The van der Waals surface area contributed by atoms with Gasteiger partial charge >= 0.3 is 0 Å². The zero-order valence-electron chi connectivity index (χ0n) is 10.2. The fourth-order valence-electron chi connectivity index (χ4n) is 1.67. The second-order valence-electron chi connectivity index (χ2n) is 3.99. The van der Waals surface area contributed by atoms with E-state index in [2.05, 4.69) is 51.9 Å². The highest BCUT2D eigenvalue weighted by Gasteiger charge is 2.04. The molecular formula is C13H17N3S. The Labute approximate surface area is 106 Å². The quantitative estimate of drug-likeness (QED) is 0.880. The smallest absolute Gasteiger partial charge is 0.128 e. The van der Waals surface area contributed by atoms with Crippen LogP contribution < -0.4 is 10.2 Å². The molecule has 0 bridgehead atoms. The highest BCUT2D eigenvalue weighted by Crippen LogP contribution is 2.16. The van der Waals surface area contributed by atoms with Crippen LogP contribution in [-0.4, -0.2) is 19.1 Å². The van der Waals surface area contributed by atoms with Crippen molar-refractivity contribution in [1.29, 1.82) is 0 Å².